The van der Waals surface area contributed by atoms with Crippen LogP contribution in [-0.4, -0.2) is 36.9 Å². The van der Waals surface area contributed by atoms with Gasteiger partial charge in [0.1, 0.15) is 17.0 Å². The van der Waals surface area contributed by atoms with Crippen LogP contribution in [0.25, 0.3) is 22.0 Å². The van der Waals surface area contributed by atoms with E-state index in [0.717, 1.165) is 11.1 Å². The van der Waals surface area contributed by atoms with Gasteiger partial charge in [-0.25, -0.2) is 0 Å². The fourth-order valence-corrected chi connectivity index (χ4v) is 2.94. The van der Waals surface area contributed by atoms with Crippen LogP contribution < -0.4 is 20.5 Å². The highest BCUT2D eigenvalue weighted by atomic mass is 16.5. The smallest absolute Gasteiger partial charge is 0.273 e. The van der Waals surface area contributed by atoms with Crippen LogP contribution in [0.5, 0.6) is 11.5 Å². The van der Waals surface area contributed by atoms with Gasteiger partial charge >= 0.3 is 0 Å². The Morgan fingerprint density at radius 1 is 1.11 bits per heavy atom. The maximum absolute atomic E-state index is 12.4. The summed E-state index contributed by atoms with van der Waals surface area (Å²) in [5.74, 6) is 1.36. The number of ether oxygens (including phenoxy) is 2. The second-order valence-corrected chi connectivity index (χ2v) is 6.83. The molecule has 0 aliphatic carbocycles. The number of hydrogen-bond acceptors (Lipinski definition) is 6. The summed E-state index contributed by atoms with van der Waals surface area (Å²) < 4.78 is 10.8. The molecule has 1 aromatic heterocycles. The molecule has 3 rings (SSSR count). The molecule has 0 aliphatic heterocycles. The van der Waals surface area contributed by atoms with Crippen molar-refractivity contribution in [3.05, 3.63) is 42.1 Å². The topological polar surface area (TPSA) is 99.4 Å². The standard InChI is InChI=1S/C21H24N4O3/c1-12(2)11-23-21(26)20-18(22)15-7-5-6-14(19(15)24-25-20)16-10-13(27-3)8-9-17(16)28-4/h5-10,12H,11H2,1-4H3,(H2,22,24)(H,23,26). The Kier molecular flexibility index (Phi) is 5.63. The summed E-state index contributed by atoms with van der Waals surface area (Å²) in [4.78, 5) is 12.4. The number of nitrogens with one attached hydrogen (secondary N) is 1. The van der Waals surface area contributed by atoms with E-state index >= 15 is 0 Å². The summed E-state index contributed by atoms with van der Waals surface area (Å²) in [6.45, 7) is 4.58. The number of methoxy groups -OCH3 is 2. The van der Waals surface area contributed by atoms with E-state index in [4.69, 9.17) is 15.2 Å². The number of nitrogens with zero attached hydrogens (tertiary/aromatic N) is 2. The van der Waals surface area contributed by atoms with E-state index in [1.807, 2.05) is 50.2 Å². The van der Waals surface area contributed by atoms with Crippen LogP contribution in [0.2, 0.25) is 0 Å². The average molecular weight is 380 g/mol. The Balaban J connectivity index is 2.13. The van der Waals surface area contributed by atoms with E-state index in [1.165, 1.54) is 0 Å². The first-order valence-electron chi connectivity index (χ1n) is 9.01. The molecule has 0 radical (unpaired) electrons. The van der Waals surface area contributed by atoms with Crippen LogP contribution >= 0.6 is 0 Å². The van der Waals surface area contributed by atoms with Crippen LogP contribution in [0, 0.1) is 5.92 Å². The molecule has 1 heterocycles. The lowest BCUT2D eigenvalue weighted by Crippen LogP contribution is -2.29. The van der Waals surface area contributed by atoms with E-state index in [-0.39, 0.29) is 11.6 Å². The molecule has 3 aromatic rings. The molecule has 0 saturated heterocycles. The predicted octanol–water partition coefficient (Wildman–Crippen LogP) is 3.28. The number of benzene rings is 2. The molecule has 0 saturated carbocycles. The molecule has 0 aliphatic rings. The third-order valence-corrected chi connectivity index (χ3v) is 4.41. The van der Waals surface area contributed by atoms with E-state index < -0.39 is 0 Å². The summed E-state index contributed by atoms with van der Waals surface area (Å²) in [7, 11) is 3.21. The molecule has 0 atom stereocenters. The zero-order valence-electron chi connectivity index (χ0n) is 16.4. The molecule has 7 heteroatoms. The fourth-order valence-electron chi connectivity index (χ4n) is 2.94. The first kappa shape index (κ1) is 19.4. The number of hydrogen-bond donors (Lipinski definition) is 2. The van der Waals surface area contributed by atoms with Gasteiger partial charge in [0.15, 0.2) is 5.69 Å². The Labute approximate surface area is 163 Å². The van der Waals surface area contributed by atoms with Crippen molar-refractivity contribution in [3.8, 4) is 22.6 Å². The Morgan fingerprint density at radius 2 is 1.89 bits per heavy atom. The first-order valence-corrected chi connectivity index (χ1v) is 9.01. The summed E-state index contributed by atoms with van der Waals surface area (Å²) in [6.07, 6.45) is 0. The Morgan fingerprint density at radius 3 is 2.57 bits per heavy atom. The van der Waals surface area contributed by atoms with Gasteiger partial charge in [0.2, 0.25) is 0 Å². The number of nitrogens with two attached hydrogens (primary N) is 1. The van der Waals surface area contributed by atoms with Crippen LogP contribution in [0.3, 0.4) is 0 Å². The van der Waals surface area contributed by atoms with Gasteiger partial charge in [-0.15, -0.1) is 10.2 Å². The molecule has 0 fully saturated rings. The Bertz CT molecular complexity index is 1020. The van der Waals surface area contributed by atoms with Crippen molar-refractivity contribution in [2.24, 2.45) is 5.92 Å². The first-order chi connectivity index (χ1) is 13.5. The molecule has 3 N–H and O–H groups in total. The summed E-state index contributed by atoms with van der Waals surface area (Å²) in [5.41, 5.74) is 8.90. The number of carbonyl (C=O) groups is 1. The van der Waals surface area contributed by atoms with Gasteiger partial charge in [-0.2, -0.15) is 0 Å². The summed E-state index contributed by atoms with van der Waals surface area (Å²) in [5, 5.41) is 11.9. The van der Waals surface area contributed by atoms with E-state index in [2.05, 4.69) is 15.5 Å². The molecule has 1 amide bonds. The fraction of sp³-hybridized carbons (Fsp3) is 0.286. The second-order valence-electron chi connectivity index (χ2n) is 6.83. The minimum atomic E-state index is -0.329. The van der Waals surface area contributed by atoms with E-state index in [9.17, 15) is 4.79 Å². The number of rotatable bonds is 6. The van der Waals surface area contributed by atoms with Gasteiger partial charge in [-0.05, 0) is 24.1 Å². The average Bonchev–Trinajstić information content (AvgIpc) is 2.71. The van der Waals surface area contributed by atoms with Crippen molar-refractivity contribution in [2.45, 2.75) is 13.8 Å². The van der Waals surface area contributed by atoms with Gasteiger partial charge in [-0.3, -0.25) is 4.79 Å². The van der Waals surface area contributed by atoms with Crippen molar-refractivity contribution in [3.63, 3.8) is 0 Å². The quantitative estimate of drug-likeness (QED) is 0.681. The molecule has 0 bridgehead atoms. The monoisotopic (exact) mass is 380 g/mol. The molecular formula is C21H24N4O3. The molecular weight excluding hydrogens is 356 g/mol. The van der Waals surface area contributed by atoms with Crippen molar-refractivity contribution >= 4 is 22.5 Å². The van der Waals surface area contributed by atoms with Crippen LogP contribution in [0.4, 0.5) is 5.69 Å². The van der Waals surface area contributed by atoms with Gasteiger partial charge in [0.25, 0.3) is 5.91 Å². The summed E-state index contributed by atoms with van der Waals surface area (Å²) >= 11 is 0. The molecule has 2 aromatic carbocycles. The maximum Gasteiger partial charge on any atom is 0.273 e. The molecule has 7 nitrogen and oxygen atoms in total. The van der Waals surface area contributed by atoms with Crippen LogP contribution in [0.1, 0.15) is 24.3 Å². The van der Waals surface area contributed by atoms with Crippen molar-refractivity contribution < 1.29 is 14.3 Å². The van der Waals surface area contributed by atoms with Gasteiger partial charge in [0.05, 0.1) is 19.9 Å². The Hall–Kier alpha value is -3.35. The second kappa shape index (κ2) is 8.12. The molecule has 0 unspecified atom stereocenters. The lowest BCUT2D eigenvalue weighted by molar-refractivity contribution is 0.0944. The zero-order chi connectivity index (χ0) is 20.3. The van der Waals surface area contributed by atoms with Crippen molar-refractivity contribution in [2.75, 3.05) is 26.5 Å². The zero-order valence-corrected chi connectivity index (χ0v) is 16.4. The third kappa shape index (κ3) is 3.69. The van der Waals surface area contributed by atoms with Gasteiger partial charge in [0, 0.05) is 23.1 Å². The van der Waals surface area contributed by atoms with Crippen molar-refractivity contribution in [1.29, 1.82) is 0 Å². The highest BCUT2D eigenvalue weighted by molar-refractivity contribution is 6.07. The predicted molar refractivity (Wildman–Crippen MR) is 110 cm³/mol. The number of amides is 1. The SMILES string of the molecule is COc1ccc(OC)c(-c2cccc3c(N)c(C(=O)NCC(C)C)nnc23)c1. The van der Waals surface area contributed by atoms with Gasteiger partial charge in [-0.1, -0.05) is 32.0 Å². The van der Waals surface area contributed by atoms with Crippen LogP contribution in [0.15, 0.2) is 36.4 Å². The molecule has 0 spiro atoms. The number of nitrogen functional groups attached to an aromatic ring is 1. The lowest BCUT2D eigenvalue weighted by atomic mass is 10.00. The number of anilines is 1. The minimum absolute atomic E-state index is 0.128. The summed E-state index contributed by atoms with van der Waals surface area (Å²) in [6, 6.07) is 11.1. The van der Waals surface area contributed by atoms with Crippen molar-refractivity contribution in [1.82, 2.24) is 15.5 Å². The minimum Gasteiger partial charge on any atom is -0.497 e. The lowest BCUT2D eigenvalue weighted by Gasteiger charge is -2.14. The number of aromatic nitrogens is 2. The molecule has 28 heavy (non-hydrogen) atoms. The number of carbonyl (C=O) groups excluding carboxylic acids is 1. The van der Waals surface area contributed by atoms with Gasteiger partial charge < -0.3 is 20.5 Å². The number of fused-ring (bicyclic) bond motifs is 1. The normalized spacial score (nSPS) is 10.9. The van der Waals surface area contributed by atoms with E-state index in [1.54, 1.807) is 14.2 Å². The highest BCUT2D eigenvalue weighted by Crippen LogP contribution is 2.37. The van der Waals surface area contributed by atoms with Crippen LogP contribution in [-0.2, 0) is 0 Å². The third-order valence-electron chi connectivity index (χ3n) is 4.41. The maximum atomic E-state index is 12.4. The van der Waals surface area contributed by atoms with E-state index in [0.29, 0.717) is 40.6 Å². The molecule has 146 valence electrons. The highest BCUT2D eigenvalue weighted by Gasteiger charge is 2.19. The largest absolute Gasteiger partial charge is 0.497 e.